The molecule has 0 aliphatic heterocycles. The molecule has 0 aliphatic carbocycles. The van der Waals surface area contributed by atoms with Gasteiger partial charge in [-0.3, -0.25) is 4.79 Å². The number of carboxylic acid groups (broad SMARTS) is 1. The number of carbonyl (C=O) groups is 1. The monoisotopic (exact) mass is 311 g/mol. The summed E-state index contributed by atoms with van der Waals surface area (Å²) in [6, 6.07) is 16.2. The lowest BCUT2D eigenvalue weighted by molar-refractivity contribution is -0.140. The van der Waals surface area contributed by atoms with E-state index in [4.69, 9.17) is 0 Å². The molecular formula is C20H25NO2. The highest BCUT2D eigenvalue weighted by Crippen LogP contribution is 2.21. The van der Waals surface area contributed by atoms with Crippen molar-refractivity contribution in [2.75, 3.05) is 0 Å². The molecular weight excluding hydrogens is 286 g/mol. The second kappa shape index (κ2) is 7.93. The average Bonchev–Trinajstić information content (AvgIpc) is 2.52. The Morgan fingerprint density at radius 1 is 1.09 bits per heavy atom. The lowest BCUT2D eigenvalue weighted by Crippen LogP contribution is -2.37. The Morgan fingerprint density at radius 3 is 2.39 bits per heavy atom. The standard InChI is InChI=1S/C20H25NO2/c1-14(2)11-19(20(22)23)21-13-16-5-4-6-18(12-16)17-9-7-15(3)8-10-17/h4-10,12,14,19,21H,11,13H2,1-3H3,(H,22,23)/t19-/m1/s1. The van der Waals surface area contributed by atoms with Crippen molar-refractivity contribution >= 4 is 5.97 Å². The van der Waals surface area contributed by atoms with Crippen LogP contribution in [0.15, 0.2) is 48.5 Å². The van der Waals surface area contributed by atoms with Gasteiger partial charge in [0, 0.05) is 6.54 Å². The van der Waals surface area contributed by atoms with Gasteiger partial charge in [0.2, 0.25) is 0 Å². The van der Waals surface area contributed by atoms with Crippen LogP contribution < -0.4 is 5.32 Å². The molecule has 2 aromatic carbocycles. The first-order valence-electron chi connectivity index (χ1n) is 8.08. The molecule has 0 aliphatic rings. The first-order valence-corrected chi connectivity index (χ1v) is 8.08. The summed E-state index contributed by atoms with van der Waals surface area (Å²) in [7, 11) is 0. The number of aryl methyl sites for hydroxylation is 1. The number of hydrogen-bond donors (Lipinski definition) is 2. The van der Waals surface area contributed by atoms with Crippen LogP contribution in [0.2, 0.25) is 0 Å². The fourth-order valence-electron chi connectivity index (χ4n) is 2.59. The van der Waals surface area contributed by atoms with Crippen LogP contribution in [-0.2, 0) is 11.3 Å². The highest BCUT2D eigenvalue weighted by molar-refractivity contribution is 5.73. The van der Waals surface area contributed by atoms with Gasteiger partial charge in [-0.1, -0.05) is 61.9 Å². The Morgan fingerprint density at radius 2 is 1.78 bits per heavy atom. The molecule has 0 saturated carbocycles. The molecule has 0 aromatic heterocycles. The van der Waals surface area contributed by atoms with E-state index in [2.05, 4.69) is 48.6 Å². The molecule has 2 N–H and O–H groups in total. The van der Waals surface area contributed by atoms with Crippen LogP contribution in [0.4, 0.5) is 0 Å². The van der Waals surface area contributed by atoms with Gasteiger partial charge in [-0.2, -0.15) is 0 Å². The molecule has 2 aromatic rings. The summed E-state index contributed by atoms with van der Waals surface area (Å²) >= 11 is 0. The van der Waals surface area contributed by atoms with Crippen LogP contribution in [0.3, 0.4) is 0 Å². The molecule has 0 spiro atoms. The zero-order valence-electron chi connectivity index (χ0n) is 14.0. The fourth-order valence-corrected chi connectivity index (χ4v) is 2.59. The van der Waals surface area contributed by atoms with E-state index in [9.17, 15) is 9.90 Å². The van der Waals surface area contributed by atoms with Crippen LogP contribution in [0, 0.1) is 12.8 Å². The summed E-state index contributed by atoms with van der Waals surface area (Å²) in [5.74, 6) is -0.434. The zero-order chi connectivity index (χ0) is 16.8. The molecule has 0 radical (unpaired) electrons. The third-order valence-corrected chi connectivity index (χ3v) is 3.87. The number of hydrogen-bond acceptors (Lipinski definition) is 2. The molecule has 122 valence electrons. The van der Waals surface area contributed by atoms with Crippen LogP contribution in [0.1, 0.15) is 31.4 Å². The number of aliphatic carboxylic acids is 1. The van der Waals surface area contributed by atoms with E-state index in [1.54, 1.807) is 0 Å². The summed E-state index contributed by atoms with van der Waals surface area (Å²) in [5.41, 5.74) is 4.66. The van der Waals surface area contributed by atoms with E-state index in [1.807, 2.05) is 26.0 Å². The number of carboxylic acids is 1. The second-order valence-electron chi connectivity index (χ2n) is 6.47. The third-order valence-electron chi connectivity index (χ3n) is 3.87. The van der Waals surface area contributed by atoms with E-state index in [0.29, 0.717) is 18.9 Å². The van der Waals surface area contributed by atoms with Gasteiger partial charge >= 0.3 is 5.97 Å². The summed E-state index contributed by atoms with van der Waals surface area (Å²) in [4.78, 5) is 11.3. The van der Waals surface area contributed by atoms with Crippen molar-refractivity contribution in [3.05, 3.63) is 59.7 Å². The Kier molecular flexibility index (Phi) is 5.94. The molecule has 0 bridgehead atoms. The highest BCUT2D eigenvalue weighted by atomic mass is 16.4. The van der Waals surface area contributed by atoms with Crippen molar-refractivity contribution in [2.45, 2.75) is 39.8 Å². The fraction of sp³-hybridized carbons (Fsp3) is 0.350. The molecule has 0 saturated heterocycles. The SMILES string of the molecule is Cc1ccc(-c2cccc(CN[C@H](CC(C)C)C(=O)O)c2)cc1. The molecule has 23 heavy (non-hydrogen) atoms. The first kappa shape index (κ1) is 17.2. The third kappa shape index (κ3) is 5.22. The van der Waals surface area contributed by atoms with Gasteiger partial charge in [-0.25, -0.2) is 0 Å². The maximum Gasteiger partial charge on any atom is 0.320 e. The molecule has 0 amide bonds. The first-order chi connectivity index (χ1) is 11.0. The maximum atomic E-state index is 11.3. The average molecular weight is 311 g/mol. The zero-order valence-corrected chi connectivity index (χ0v) is 14.0. The van der Waals surface area contributed by atoms with E-state index in [0.717, 1.165) is 11.1 Å². The number of nitrogens with one attached hydrogen (secondary N) is 1. The predicted octanol–water partition coefficient (Wildman–Crippen LogP) is 4.25. The second-order valence-corrected chi connectivity index (χ2v) is 6.47. The van der Waals surface area contributed by atoms with Crippen molar-refractivity contribution in [1.29, 1.82) is 0 Å². The smallest absolute Gasteiger partial charge is 0.320 e. The van der Waals surface area contributed by atoms with Gasteiger partial charge < -0.3 is 10.4 Å². The van der Waals surface area contributed by atoms with Crippen molar-refractivity contribution in [1.82, 2.24) is 5.32 Å². The molecule has 3 nitrogen and oxygen atoms in total. The van der Waals surface area contributed by atoms with Gasteiger partial charge in [0.05, 0.1) is 0 Å². The lowest BCUT2D eigenvalue weighted by atomic mass is 10.0. The Hall–Kier alpha value is -2.13. The maximum absolute atomic E-state index is 11.3. The minimum atomic E-state index is -0.784. The van der Waals surface area contributed by atoms with Gasteiger partial charge in [-0.05, 0) is 42.0 Å². The number of rotatable bonds is 7. The minimum Gasteiger partial charge on any atom is -0.480 e. The Labute approximate surface area is 138 Å². The summed E-state index contributed by atoms with van der Waals surface area (Å²) < 4.78 is 0. The Balaban J connectivity index is 2.07. The normalized spacial score (nSPS) is 12.3. The van der Waals surface area contributed by atoms with Crippen molar-refractivity contribution < 1.29 is 9.90 Å². The lowest BCUT2D eigenvalue weighted by Gasteiger charge is -2.16. The van der Waals surface area contributed by atoms with Crippen LogP contribution in [0.5, 0.6) is 0 Å². The van der Waals surface area contributed by atoms with Gasteiger partial charge in [0.25, 0.3) is 0 Å². The number of benzene rings is 2. The van der Waals surface area contributed by atoms with Gasteiger partial charge in [0.15, 0.2) is 0 Å². The quantitative estimate of drug-likeness (QED) is 0.803. The molecule has 0 heterocycles. The predicted molar refractivity (Wildman–Crippen MR) is 94.3 cm³/mol. The topological polar surface area (TPSA) is 49.3 Å². The van der Waals surface area contributed by atoms with E-state index >= 15 is 0 Å². The molecule has 0 unspecified atom stereocenters. The Bertz CT molecular complexity index is 647. The van der Waals surface area contributed by atoms with Gasteiger partial charge in [0.1, 0.15) is 6.04 Å². The van der Waals surface area contributed by atoms with E-state index < -0.39 is 12.0 Å². The van der Waals surface area contributed by atoms with E-state index in [1.165, 1.54) is 11.1 Å². The molecule has 1 atom stereocenters. The van der Waals surface area contributed by atoms with Crippen molar-refractivity contribution in [3.63, 3.8) is 0 Å². The molecule has 0 fully saturated rings. The highest BCUT2D eigenvalue weighted by Gasteiger charge is 2.17. The van der Waals surface area contributed by atoms with Crippen molar-refractivity contribution in [2.24, 2.45) is 5.92 Å². The van der Waals surface area contributed by atoms with Crippen LogP contribution >= 0.6 is 0 Å². The van der Waals surface area contributed by atoms with Gasteiger partial charge in [-0.15, -0.1) is 0 Å². The summed E-state index contributed by atoms with van der Waals surface area (Å²) in [6.45, 7) is 6.71. The largest absolute Gasteiger partial charge is 0.480 e. The minimum absolute atomic E-state index is 0.350. The van der Waals surface area contributed by atoms with Crippen LogP contribution in [0.25, 0.3) is 11.1 Å². The van der Waals surface area contributed by atoms with Crippen molar-refractivity contribution in [3.8, 4) is 11.1 Å². The van der Waals surface area contributed by atoms with E-state index in [-0.39, 0.29) is 0 Å². The van der Waals surface area contributed by atoms with Crippen LogP contribution in [-0.4, -0.2) is 17.1 Å². The summed E-state index contributed by atoms with van der Waals surface area (Å²) in [6.07, 6.45) is 0.632. The molecule has 2 rings (SSSR count). The molecule has 3 heteroatoms. The summed E-state index contributed by atoms with van der Waals surface area (Å²) in [5, 5.41) is 12.5.